The molecule has 512 valence electrons. The Hall–Kier alpha value is 8.20. The fourth-order valence-corrected chi connectivity index (χ4v) is 13.9. The molecule has 0 aromatic heterocycles. The van der Waals surface area contributed by atoms with Gasteiger partial charge in [-0.05, 0) is 0 Å². The van der Waals surface area contributed by atoms with Gasteiger partial charge in [0.1, 0.15) is 0 Å². The van der Waals surface area contributed by atoms with Crippen LogP contribution in [-0.4, -0.2) is 244 Å². The maximum absolute atomic E-state index is 2.25. The summed E-state index contributed by atoms with van der Waals surface area (Å²) in [6.07, 6.45) is 0. The van der Waals surface area contributed by atoms with Gasteiger partial charge in [-0.2, -0.15) is 0 Å². The average molecular weight is 1490 g/mol. The summed E-state index contributed by atoms with van der Waals surface area (Å²) in [7, 11) is 0. The molecular weight excluding hydrogens is 1330 g/mol. The van der Waals surface area contributed by atoms with Crippen molar-refractivity contribution in [1.82, 2.24) is 0 Å². The van der Waals surface area contributed by atoms with Crippen LogP contribution in [0.4, 0.5) is 0 Å². The summed E-state index contributed by atoms with van der Waals surface area (Å²) in [6, 6.07) is 0. The minimum Gasteiger partial charge on any atom is -2.00 e. The molecule has 0 aliphatic carbocycles. The van der Waals surface area contributed by atoms with E-state index in [0.717, 1.165) is 244 Å². The van der Waals surface area contributed by atoms with Gasteiger partial charge in [0.2, 0.25) is 0 Å². The van der Waals surface area contributed by atoms with E-state index in [-0.39, 0.29) is 43.8 Å². The molecule has 0 aliphatic rings. The normalized spacial score (nSPS) is 6.18. The molecule has 0 bridgehead atoms. The van der Waals surface area contributed by atoms with Crippen LogP contribution in [0.5, 0.6) is 0 Å². The van der Waals surface area contributed by atoms with Crippen molar-refractivity contribution in [3.8, 4) is 0 Å². The Morgan fingerprint density at radius 1 is 0.0795 bits per heavy atom. The smallest absolute Gasteiger partial charge is 2.00 e. The summed E-state index contributed by atoms with van der Waals surface area (Å²) in [5.41, 5.74) is 0. The Bertz CT molecular complexity index is 409. The van der Waals surface area contributed by atoms with E-state index in [2.05, 4.69) is 222 Å². The van der Waals surface area contributed by atoms with Crippen molar-refractivity contribution in [2.75, 3.05) is 0 Å². The van der Waals surface area contributed by atoms with Crippen LogP contribution in [0.2, 0.25) is 169 Å². The van der Waals surface area contributed by atoms with E-state index in [9.17, 15) is 0 Å². The molecule has 0 saturated heterocycles. The topological polar surface area (TPSA) is 228 Å². The zero-order valence-corrected chi connectivity index (χ0v) is 85.6. The van der Waals surface area contributed by atoms with E-state index in [0.29, 0.717) is 0 Å². The van der Waals surface area contributed by atoms with Crippen molar-refractivity contribution in [1.29, 1.82) is 0 Å². The van der Waals surface area contributed by atoms with Gasteiger partial charge in [0.05, 0.1) is 0 Å². The van der Waals surface area contributed by atoms with Gasteiger partial charge >= 0.3 is 634 Å². The van der Waals surface area contributed by atoms with Crippen LogP contribution in [0.25, 0.3) is 0 Å². The SMILES string of the molecule is C[CH2][Al+][CH2]C.C[CH2][Al+][CH2]C.C[CH2][Al+][CH2]C.C[CH2][Al+][CH2]C.C[CH2][Al+][CH2]C.C[CH2][Al+][CH2]C.C[CH2][Al+][CH2]C.C[CH2][Al+][CH2]C.C[CH2][Al+][CH2]C.C[CH2][Al+][CH2]C.C[CH2][Al+][CH2]C.C[CH2][Al+][CH2]C.C[CH2][Al+][CH2]C.C[CH2][Al+][CH2]C.C[CH2][Al+][CH2]C.C[CH2][Al+][CH2]C.[O-2].[O-2].[O-2].[O-2].[O-2].[O-2].[O-2].[O-2]. The van der Waals surface area contributed by atoms with Crippen LogP contribution in [0.1, 0.15) is 222 Å². The molecule has 24 heteroatoms. The maximum atomic E-state index is 2.25. The molecular formula is C64H160Al16O8. The van der Waals surface area contributed by atoms with Crippen LogP contribution in [0.3, 0.4) is 0 Å². The second-order valence-electron chi connectivity index (χ2n) is 17.7. The molecule has 88 heavy (non-hydrogen) atoms. The molecule has 0 rings (SSSR count). The van der Waals surface area contributed by atoms with Gasteiger partial charge in [-0.3, -0.25) is 0 Å². The molecule has 0 atom stereocenters. The second kappa shape index (κ2) is 267. The summed E-state index contributed by atoms with van der Waals surface area (Å²) in [5, 5.41) is 45.7. The van der Waals surface area contributed by atoms with Crippen molar-refractivity contribution in [3.05, 3.63) is 0 Å². The van der Waals surface area contributed by atoms with Crippen LogP contribution in [-0.2, 0) is 43.8 Å². The van der Waals surface area contributed by atoms with Gasteiger partial charge in [0.15, 0.2) is 0 Å². The number of rotatable bonds is 32. The van der Waals surface area contributed by atoms with Gasteiger partial charge in [0, 0.05) is 0 Å². The van der Waals surface area contributed by atoms with Crippen LogP contribution >= 0.6 is 0 Å². The Kier molecular flexibility index (Phi) is 508. The Morgan fingerprint density at radius 3 is 0.102 bits per heavy atom. The molecule has 0 heterocycles. The van der Waals surface area contributed by atoms with Gasteiger partial charge in [-0.15, -0.1) is 0 Å². The van der Waals surface area contributed by atoms with E-state index in [1.54, 1.807) is 0 Å². The summed E-state index contributed by atoms with van der Waals surface area (Å²) < 4.78 is 0. The molecule has 0 N–H and O–H groups in total. The molecule has 0 aromatic rings. The first-order valence-corrected chi connectivity index (χ1v) is 61.8. The van der Waals surface area contributed by atoms with E-state index >= 15 is 0 Å². The van der Waals surface area contributed by atoms with Crippen LogP contribution in [0, 0.1) is 0 Å². The van der Waals surface area contributed by atoms with Crippen LogP contribution < -0.4 is 0 Å². The second-order valence-corrected chi connectivity index (χ2v) is 53.0. The van der Waals surface area contributed by atoms with Gasteiger partial charge < -0.3 is 43.8 Å². The van der Waals surface area contributed by atoms with Crippen molar-refractivity contribution >= 4 is 244 Å². The molecule has 8 nitrogen and oxygen atoms in total. The fraction of sp³-hybridized carbons (Fsp3) is 1.00. The third-order valence-corrected chi connectivity index (χ3v) is 27.7. The number of hydrogen-bond acceptors (Lipinski definition) is 0. The summed E-state index contributed by atoms with van der Waals surface area (Å²) >= 11 is 13.0. The first-order valence-electron chi connectivity index (χ1n) is 35.7. The third-order valence-electron chi connectivity index (χ3n) is 9.24. The maximum Gasteiger partial charge on any atom is -2.00 e. The third kappa shape index (κ3) is 506. The number of hydrogen-bond donors (Lipinski definition) is 0. The average Bonchev–Trinajstić information content (AvgIpc) is 3.45. The molecule has 0 radical (unpaired) electrons. The predicted octanol–water partition coefficient (Wildman–Crippen LogP) is 24.1. The van der Waals surface area contributed by atoms with E-state index in [1.165, 1.54) is 169 Å². The quantitative estimate of drug-likeness (QED) is 0.0573. The van der Waals surface area contributed by atoms with Gasteiger partial charge in [0.25, 0.3) is 0 Å². The van der Waals surface area contributed by atoms with Gasteiger partial charge in [-0.1, -0.05) is 0 Å². The van der Waals surface area contributed by atoms with Crippen molar-refractivity contribution in [3.63, 3.8) is 0 Å². The Morgan fingerprint density at radius 2 is 0.102 bits per heavy atom. The summed E-state index contributed by atoms with van der Waals surface area (Å²) in [6.45, 7) is 72.0. The fourth-order valence-electron chi connectivity index (χ4n) is 4.62. The van der Waals surface area contributed by atoms with E-state index in [4.69, 9.17) is 0 Å². The molecule has 0 spiro atoms. The Labute approximate surface area is 668 Å². The zero-order chi connectivity index (χ0) is 65.9. The monoisotopic (exact) mass is 1490 g/mol. The molecule has 0 amide bonds. The van der Waals surface area contributed by atoms with Crippen molar-refractivity contribution in [2.45, 2.75) is 391 Å². The zero-order valence-electron chi connectivity index (χ0n) is 67.1. The largest absolute Gasteiger partial charge is 2.00 e. The van der Waals surface area contributed by atoms with Crippen molar-refractivity contribution in [2.24, 2.45) is 0 Å². The minimum absolute atomic E-state index is 0. The first kappa shape index (κ1) is 167. The first-order chi connectivity index (χ1) is 38.6. The minimum atomic E-state index is 0. The Balaban J connectivity index is -0.0000000224. The van der Waals surface area contributed by atoms with Crippen molar-refractivity contribution < 1.29 is 43.8 Å². The summed E-state index contributed by atoms with van der Waals surface area (Å²) in [5.74, 6) is 0. The van der Waals surface area contributed by atoms with E-state index in [1.807, 2.05) is 0 Å². The van der Waals surface area contributed by atoms with E-state index < -0.39 is 0 Å². The predicted molar refractivity (Wildman–Crippen MR) is 433 cm³/mol. The molecule has 0 unspecified atom stereocenters. The molecule has 0 aromatic carbocycles. The summed E-state index contributed by atoms with van der Waals surface area (Å²) in [4.78, 5) is 0. The molecule has 0 fully saturated rings. The van der Waals surface area contributed by atoms with Gasteiger partial charge in [-0.25, -0.2) is 0 Å². The standard InChI is InChI=1S/32C2H5.16Al.8O/c32*1-2;;;;;;;;;;;;;;;;;;;;;;;;/h32*1H2,2H3;;;;;;;;;;;;;;;;;;;;;;;;/q;;;;;;;;;;;;;;;;;;;;;;;;;;;;;;;;16*+1;8*-2. The molecule has 0 aliphatic heterocycles. The molecule has 0 saturated carbocycles. The van der Waals surface area contributed by atoms with Crippen LogP contribution in [0.15, 0.2) is 0 Å².